The minimum atomic E-state index is -5.18. The van der Waals surface area contributed by atoms with E-state index in [0.29, 0.717) is 7.11 Å². The Kier molecular flexibility index (Phi) is 2.61. The lowest BCUT2D eigenvalue weighted by atomic mass is 10.3. The van der Waals surface area contributed by atoms with Crippen molar-refractivity contribution in [2.45, 2.75) is 12.0 Å². The molecule has 0 saturated carbocycles. The van der Waals surface area contributed by atoms with Crippen molar-refractivity contribution in [3.63, 3.8) is 0 Å². The molecule has 0 radical (unpaired) electrons. The Balaban J connectivity index is 4.33. The number of hydrogen-bond donors (Lipinski definition) is 1. The summed E-state index contributed by atoms with van der Waals surface area (Å²) in [5, 5.41) is 7.90. The molecule has 0 aromatic heterocycles. The molecule has 0 spiro atoms. The average Bonchev–Trinajstić information content (AvgIpc) is 1.84. The summed E-state index contributed by atoms with van der Waals surface area (Å²) >= 11 is 0. The number of hydrogen-bond acceptors (Lipinski definition) is 2. The normalized spacial score (nSPS) is 18.6. The van der Waals surface area contributed by atoms with Gasteiger partial charge in [-0.15, -0.1) is 0 Å². The molecule has 62 valence electrons. The van der Waals surface area contributed by atoms with Crippen molar-refractivity contribution in [2.24, 2.45) is 0 Å². The van der Waals surface area contributed by atoms with Crippen molar-refractivity contribution in [3.8, 4) is 0 Å². The zero-order chi connectivity index (χ0) is 8.41. The van der Waals surface area contributed by atoms with E-state index in [9.17, 15) is 17.6 Å². The van der Waals surface area contributed by atoms with E-state index in [4.69, 9.17) is 5.11 Å². The lowest BCUT2D eigenvalue weighted by molar-refractivity contribution is -0.334. The number of ether oxygens (including phenoxy) is 1. The van der Waals surface area contributed by atoms with Crippen LogP contribution in [0.25, 0.3) is 0 Å². The lowest BCUT2D eigenvalue weighted by Gasteiger charge is -2.23. The third-order valence-electron chi connectivity index (χ3n) is 0.950. The van der Waals surface area contributed by atoms with Crippen LogP contribution in [-0.4, -0.2) is 30.9 Å². The van der Waals surface area contributed by atoms with Gasteiger partial charge in [0.1, 0.15) is 6.61 Å². The Bertz CT molecular complexity index is 106. The van der Waals surface area contributed by atoms with E-state index >= 15 is 0 Å². The van der Waals surface area contributed by atoms with Gasteiger partial charge < -0.3 is 9.84 Å². The summed E-state index contributed by atoms with van der Waals surface area (Å²) in [6.45, 7) is -1.73. The highest BCUT2D eigenvalue weighted by atomic mass is 19.4. The van der Waals surface area contributed by atoms with Gasteiger partial charge in [0.25, 0.3) is 0 Å². The Labute approximate surface area is 54.4 Å². The summed E-state index contributed by atoms with van der Waals surface area (Å²) in [5.41, 5.74) is 0. The molecular weight excluding hydrogens is 156 g/mol. The van der Waals surface area contributed by atoms with Crippen LogP contribution in [0.1, 0.15) is 0 Å². The molecule has 6 heteroatoms. The molecule has 1 unspecified atom stereocenters. The quantitative estimate of drug-likeness (QED) is 0.610. The molecule has 0 saturated heterocycles. The standard InChI is InChI=1S/C4H6F4O2/c1-10-3(5,2-9)4(6,7)8/h9H,2H2,1H3. The molecule has 0 fully saturated rings. The fourth-order valence-corrected chi connectivity index (χ4v) is 0.270. The summed E-state index contributed by atoms with van der Waals surface area (Å²) in [5.74, 6) is -3.92. The van der Waals surface area contributed by atoms with E-state index in [0.717, 1.165) is 0 Å². The first kappa shape index (κ1) is 9.64. The minimum Gasteiger partial charge on any atom is -0.390 e. The first-order valence-electron chi connectivity index (χ1n) is 2.29. The molecule has 1 atom stereocenters. The molecule has 0 heterocycles. The smallest absolute Gasteiger partial charge is 0.390 e. The fraction of sp³-hybridized carbons (Fsp3) is 1.00. The van der Waals surface area contributed by atoms with Crippen molar-refractivity contribution in [1.29, 1.82) is 0 Å². The number of methoxy groups -OCH3 is 1. The fourth-order valence-electron chi connectivity index (χ4n) is 0.270. The van der Waals surface area contributed by atoms with Crippen LogP contribution in [-0.2, 0) is 4.74 Å². The van der Waals surface area contributed by atoms with Crippen LogP contribution >= 0.6 is 0 Å². The molecule has 0 amide bonds. The molecule has 0 bridgehead atoms. The van der Waals surface area contributed by atoms with Gasteiger partial charge in [-0.1, -0.05) is 0 Å². The maximum absolute atomic E-state index is 12.2. The van der Waals surface area contributed by atoms with Gasteiger partial charge in [0.2, 0.25) is 0 Å². The second-order valence-electron chi connectivity index (χ2n) is 1.59. The van der Waals surface area contributed by atoms with Crippen molar-refractivity contribution in [2.75, 3.05) is 13.7 Å². The maximum atomic E-state index is 12.2. The summed E-state index contributed by atoms with van der Waals surface area (Å²) < 4.78 is 49.9. The van der Waals surface area contributed by atoms with Crippen LogP contribution in [0.3, 0.4) is 0 Å². The van der Waals surface area contributed by atoms with Crippen molar-refractivity contribution in [1.82, 2.24) is 0 Å². The summed E-state index contributed by atoms with van der Waals surface area (Å²) in [4.78, 5) is 0. The second kappa shape index (κ2) is 2.71. The molecule has 0 aromatic rings. The van der Waals surface area contributed by atoms with Gasteiger partial charge in [-0.3, -0.25) is 0 Å². The van der Waals surface area contributed by atoms with Gasteiger partial charge in [0, 0.05) is 7.11 Å². The van der Waals surface area contributed by atoms with E-state index in [1.807, 2.05) is 0 Å². The zero-order valence-electron chi connectivity index (χ0n) is 5.07. The predicted octanol–water partition coefficient (Wildman–Crippen LogP) is 0.853. The Morgan fingerprint density at radius 1 is 1.30 bits per heavy atom. The Morgan fingerprint density at radius 2 is 1.70 bits per heavy atom. The third kappa shape index (κ3) is 1.57. The van der Waals surface area contributed by atoms with Gasteiger partial charge in [-0.25, -0.2) is 0 Å². The van der Waals surface area contributed by atoms with E-state index in [1.54, 1.807) is 0 Å². The molecule has 2 nitrogen and oxygen atoms in total. The van der Waals surface area contributed by atoms with Crippen LogP contribution in [0.5, 0.6) is 0 Å². The van der Waals surface area contributed by atoms with Crippen LogP contribution in [0, 0.1) is 0 Å². The van der Waals surface area contributed by atoms with Crippen molar-refractivity contribution in [3.05, 3.63) is 0 Å². The first-order chi connectivity index (χ1) is 4.37. The van der Waals surface area contributed by atoms with Gasteiger partial charge in [-0.05, 0) is 0 Å². The maximum Gasteiger partial charge on any atom is 0.450 e. The minimum absolute atomic E-state index is 0.531. The lowest BCUT2D eigenvalue weighted by Crippen LogP contribution is -2.45. The highest BCUT2D eigenvalue weighted by Crippen LogP contribution is 2.33. The molecule has 0 rings (SSSR count). The van der Waals surface area contributed by atoms with Gasteiger partial charge in [0.15, 0.2) is 0 Å². The Morgan fingerprint density at radius 3 is 1.70 bits per heavy atom. The zero-order valence-corrected chi connectivity index (χ0v) is 5.07. The Hall–Kier alpha value is -0.360. The van der Waals surface area contributed by atoms with E-state index in [1.165, 1.54) is 0 Å². The molecule has 0 aliphatic rings. The van der Waals surface area contributed by atoms with Gasteiger partial charge in [-0.2, -0.15) is 17.6 Å². The number of alkyl halides is 4. The highest BCUT2D eigenvalue weighted by Gasteiger charge is 2.56. The van der Waals surface area contributed by atoms with E-state index in [2.05, 4.69) is 4.74 Å². The summed E-state index contributed by atoms with van der Waals surface area (Å²) in [6.07, 6.45) is -5.18. The largest absolute Gasteiger partial charge is 0.450 e. The summed E-state index contributed by atoms with van der Waals surface area (Å²) in [6, 6.07) is 0. The monoisotopic (exact) mass is 162 g/mol. The number of aliphatic hydroxyl groups is 1. The van der Waals surface area contributed by atoms with Crippen LogP contribution in [0.2, 0.25) is 0 Å². The number of rotatable bonds is 2. The SMILES string of the molecule is COC(F)(CO)C(F)(F)F. The second-order valence-corrected chi connectivity index (χ2v) is 1.59. The first-order valence-corrected chi connectivity index (χ1v) is 2.29. The van der Waals surface area contributed by atoms with Crippen molar-refractivity contribution < 1.29 is 27.4 Å². The molecule has 0 aromatic carbocycles. The average molecular weight is 162 g/mol. The summed E-state index contributed by atoms with van der Waals surface area (Å²) in [7, 11) is 0.531. The predicted molar refractivity (Wildman–Crippen MR) is 24.0 cm³/mol. The highest BCUT2D eigenvalue weighted by molar-refractivity contribution is 4.75. The van der Waals surface area contributed by atoms with E-state index < -0.39 is 18.6 Å². The van der Waals surface area contributed by atoms with Gasteiger partial charge in [0.05, 0.1) is 0 Å². The molecular formula is C4H6F4O2. The molecule has 0 aliphatic heterocycles. The number of aliphatic hydroxyl groups excluding tert-OH is 1. The van der Waals surface area contributed by atoms with E-state index in [-0.39, 0.29) is 0 Å². The van der Waals surface area contributed by atoms with Crippen LogP contribution in [0.4, 0.5) is 17.6 Å². The third-order valence-corrected chi connectivity index (χ3v) is 0.950. The van der Waals surface area contributed by atoms with Crippen LogP contribution in [0.15, 0.2) is 0 Å². The number of halogens is 4. The van der Waals surface area contributed by atoms with Gasteiger partial charge >= 0.3 is 12.0 Å². The van der Waals surface area contributed by atoms with Crippen LogP contribution < -0.4 is 0 Å². The topological polar surface area (TPSA) is 29.5 Å². The molecule has 10 heavy (non-hydrogen) atoms. The molecule has 1 N–H and O–H groups in total. The van der Waals surface area contributed by atoms with Crippen molar-refractivity contribution >= 4 is 0 Å². The molecule has 0 aliphatic carbocycles.